The van der Waals surface area contributed by atoms with E-state index < -0.39 is 6.09 Å². The predicted molar refractivity (Wildman–Crippen MR) is 121 cm³/mol. The van der Waals surface area contributed by atoms with E-state index in [0.717, 1.165) is 31.7 Å². The van der Waals surface area contributed by atoms with Crippen LogP contribution in [0, 0.1) is 0 Å². The maximum absolute atomic E-state index is 12.1. The number of fused-ring (bicyclic) bond motifs is 1. The molecule has 0 spiro atoms. The molecule has 2 heterocycles. The first-order valence-corrected chi connectivity index (χ1v) is 10.8. The zero-order valence-electron chi connectivity index (χ0n) is 18.8. The van der Waals surface area contributed by atoms with Crippen LogP contribution < -0.4 is 19.5 Å². The molecular weight excluding hydrogens is 428 g/mol. The number of carbonyl (C=O) groups is 1. The van der Waals surface area contributed by atoms with Crippen molar-refractivity contribution in [1.29, 1.82) is 0 Å². The van der Waals surface area contributed by atoms with Crippen molar-refractivity contribution >= 4 is 17.0 Å². The van der Waals surface area contributed by atoms with Crippen molar-refractivity contribution in [2.24, 2.45) is 0 Å². The molecule has 0 saturated carbocycles. The van der Waals surface area contributed by atoms with Gasteiger partial charge in [-0.2, -0.15) is 0 Å². The summed E-state index contributed by atoms with van der Waals surface area (Å²) in [6.45, 7) is 4.21. The summed E-state index contributed by atoms with van der Waals surface area (Å²) < 4.78 is 27.4. The van der Waals surface area contributed by atoms with Crippen molar-refractivity contribution in [3.05, 3.63) is 42.4 Å². The van der Waals surface area contributed by atoms with Crippen molar-refractivity contribution in [2.75, 3.05) is 53.7 Å². The minimum Gasteiger partial charge on any atom is -0.493 e. The average molecular weight is 456 g/mol. The van der Waals surface area contributed by atoms with Gasteiger partial charge in [-0.05, 0) is 18.2 Å². The number of benzene rings is 1. The van der Waals surface area contributed by atoms with Gasteiger partial charge in [0.15, 0.2) is 11.5 Å². The van der Waals surface area contributed by atoms with Gasteiger partial charge in [-0.15, -0.1) is 0 Å². The van der Waals surface area contributed by atoms with Crippen LogP contribution in [0.3, 0.4) is 0 Å². The van der Waals surface area contributed by atoms with Crippen molar-refractivity contribution < 1.29 is 28.5 Å². The van der Waals surface area contributed by atoms with Crippen molar-refractivity contribution in [3.8, 4) is 17.4 Å². The van der Waals surface area contributed by atoms with Crippen molar-refractivity contribution in [1.82, 2.24) is 20.2 Å². The number of nitrogens with zero attached hydrogens (tertiary/aromatic N) is 3. The number of ether oxygens (including phenoxy) is 5. The normalized spacial score (nSPS) is 18.5. The van der Waals surface area contributed by atoms with Gasteiger partial charge in [0.25, 0.3) is 0 Å². The fraction of sp³-hybridized carbons (Fsp3) is 0.435. The highest BCUT2D eigenvalue weighted by molar-refractivity contribution is 5.86. The number of alkyl carbamates (subject to hydrolysis) is 1. The van der Waals surface area contributed by atoms with E-state index in [2.05, 4.69) is 20.2 Å². The quantitative estimate of drug-likeness (QED) is 0.641. The number of amides is 1. The number of hydrogen-bond acceptors (Lipinski definition) is 9. The smallest absolute Gasteiger partial charge is 0.411 e. The average Bonchev–Trinajstić information content (AvgIpc) is 2.85. The van der Waals surface area contributed by atoms with Gasteiger partial charge in [-0.1, -0.05) is 6.08 Å². The summed E-state index contributed by atoms with van der Waals surface area (Å²) >= 11 is 0. The third-order valence-electron chi connectivity index (χ3n) is 5.42. The minimum atomic E-state index is -0.471. The van der Waals surface area contributed by atoms with Gasteiger partial charge < -0.3 is 23.7 Å². The summed E-state index contributed by atoms with van der Waals surface area (Å²) in [5, 5.41) is 3.48. The van der Waals surface area contributed by atoms with Gasteiger partial charge >= 0.3 is 6.09 Å². The van der Waals surface area contributed by atoms with Crippen LogP contribution in [0.25, 0.3) is 10.9 Å². The van der Waals surface area contributed by atoms with Crippen LogP contribution in [0.4, 0.5) is 4.79 Å². The molecule has 2 aliphatic rings. The summed E-state index contributed by atoms with van der Waals surface area (Å²) in [7, 11) is 3.15. The number of hydrogen-bond donors (Lipinski definition) is 1. The summed E-state index contributed by atoms with van der Waals surface area (Å²) in [5.41, 5.74) is 1.36. The second kappa shape index (κ2) is 11.0. The molecule has 10 heteroatoms. The van der Waals surface area contributed by atoms with E-state index in [1.807, 2.05) is 12.2 Å². The number of rotatable bonds is 8. The Labute approximate surface area is 192 Å². The maximum atomic E-state index is 12.1. The molecule has 1 unspecified atom stereocenters. The zero-order chi connectivity index (χ0) is 23.0. The van der Waals surface area contributed by atoms with E-state index in [1.165, 1.54) is 6.33 Å². The largest absolute Gasteiger partial charge is 0.493 e. The summed E-state index contributed by atoms with van der Waals surface area (Å²) in [6, 6.07) is 3.58. The van der Waals surface area contributed by atoms with Crippen molar-refractivity contribution in [3.63, 3.8) is 0 Å². The maximum Gasteiger partial charge on any atom is 0.411 e. The molecule has 1 saturated heterocycles. The Morgan fingerprint density at radius 2 is 1.97 bits per heavy atom. The van der Waals surface area contributed by atoms with Gasteiger partial charge in [0.05, 0.1) is 38.3 Å². The molecule has 1 aliphatic carbocycles. The second-order valence-corrected chi connectivity index (χ2v) is 7.53. The molecule has 1 amide bonds. The molecule has 176 valence electrons. The first-order chi connectivity index (χ1) is 16.2. The van der Waals surface area contributed by atoms with E-state index in [0.29, 0.717) is 48.2 Å². The van der Waals surface area contributed by atoms with E-state index >= 15 is 0 Å². The summed E-state index contributed by atoms with van der Waals surface area (Å²) in [4.78, 5) is 22.8. The SMILES string of the molecule is COc1cc2ncnc(OC3C=CC(NC(=O)OCCN4CCOCC4)=CC3)c2cc1OC. The molecule has 1 aliphatic heterocycles. The van der Waals surface area contributed by atoms with Gasteiger partial charge in [-0.3, -0.25) is 10.2 Å². The highest BCUT2D eigenvalue weighted by Crippen LogP contribution is 2.34. The molecule has 1 aromatic carbocycles. The lowest BCUT2D eigenvalue weighted by Gasteiger charge is -2.26. The summed E-state index contributed by atoms with van der Waals surface area (Å²) in [5.74, 6) is 1.60. The highest BCUT2D eigenvalue weighted by atomic mass is 16.5. The standard InChI is InChI=1S/C23H28N4O6/c1-29-20-13-18-19(14-21(20)30-2)24-15-25-22(18)33-17-5-3-16(4-6-17)26-23(28)32-12-9-27-7-10-31-11-8-27/h3-5,13-15,17H,6-12H2,1-2H3,(H,26,28). The lowest BCUT2D eigenvalue weighted by molar-refractivity contribution is 0.0283. The number of allylic oxidation sites excluding steroid dienone is 1. The molecule has 1 N–H and O–H groups in total. The third-order valence-corrected chi connectivity index (χ3v) is 5.42. The van der Waals surface area contributed by atoms with Gasteiger partial charge in [-0.25, -0.2) is 14.8 Å². The first kappa shape index (κ1) is 22.8. The van der Waals surface area contributed by atoms with E-state index in [4.69, 9.17) is 23.7 Å². The molecule has 1 atom stereocenters. The molecule has 33 heavy (non-hydrogen) atoms. The van der Waals surface area contributed by atoms with Crippen molar-refractivity contribution in [2.45, 2.75) is 12.5 Å². The Morgan fingerprint density at radius 1 is 1.18 bits per heavy atom. The van der Waals surface area contributed by atoms with Crippen LogP contribution in [-0.4, -0.2) is 80.7 Å². The fourth-order valence-electron chi connectivity index (χ4n) is 3.62. The van der Waals surface area contributed by atoms with Crippen LogP contribution >= 0.6 is 0 Å². The number of morpholine rings is 1. The Bertz CT molecular complexity index is 1040. The van der Waals surface area contributed by atoms with Gasteiger partial charge in [0.1, 0.15) is 19.0 Å². The number of nitrogens with one attached hydrogen (secondary N) is 1. The first-order valence-electron chi connectivity index (χ1n) is 10.8. The monoisotopic (exact) mass is 456 g/mol. The van der Waals surface area contributed by atoms with Crippen LogP contribution in [-0.2, 0) is 9.47 Å². The van der Waals surface area contributed by atoms with E-state index in [1.54, 1.807) is 32.4 Å². The molecule has 1 fully saturated rings. The molecule has 10 nitrogen and oxygen atoms in total. The Balaban J connectivity index is 1.29. The predicted octanol–water partition coefficient (Wildman–Crippen LogP) is 2.30. The minimum absolute atomic E-state index is 0.237. The Kier molecular flexibility index (Phi) is 7.59. The molecule has 0 radical (unpaired) electrons. The molecule has 2 aromatic rings. The van der Waals surface area contributed by atoms with Crippen LogP contribution in [0.15, 0.2) is 42.4 Å². The number of aromatic nitrogens is 2. The van der Waals surface area contributed by atoms with Gasteiger partial charge in [0, 0.05) is 37.8 Å². The molecule has 4 rings (SSSR count). The number of methoxy groups -OCH3 is 2. The molecule has 0 bridgehead atoms. The van der Waals surface area contributed by atoms with E-state index in [-0.39, 0.29) is 6.10 Å². The zero-order valence-corrected chi connectivity index (χ0v) is 18.8. The number of carbonyl (C=O) groups excluding carboxylic acids is 1. The van der Waals surface area contributed by atoms with Crippen LogP contribution in [0.5, 0.6) is 17.4 Å². The third kappa shape index (κ3) is 5.91. The molecule has 1 aromatic heterocycles. The lowest BCUT2D eigenvalue weighted by atomic mass is 10.1. The lowest BCUT2D eigenvalue weighted by Crippen LogP contribution is -2.39. The van der Waals surface area contributed by atoms with Crippen LogP contribution in [0.2, 0.25) is 0 Å². The Hall–Kier alpha value is -3.37. The van der Waals surface area contributed by atoms with Gasteiger partial charge in [0.2, 0.25) is 5.88 Å². The van der Waals surface area contributed by atoms with E-state index in [9.17, 15) is 4.79 Å². The molecular formula is C23H28N4O6. The topological polar surface area (TPSA) is 104 Å². The van der Waals surface area contributed by atoms with Crippen LogP contribution in [0.1, 0.15) is 6.42 Å². The second-order valence-electron chi connectivity index (χ2n) is 7.53. The highest BCUT2D eigenvalue weighted by Gasteiger charge is 2.17. The fourth-order valence-corrected chi connectivity index (χ4v) is 3.62. The summed E-state index contributed by atoms with van der Waals surface area (Å²) in [6.07, 6.45) is 6.87. The Morgan fingerprint density at radius 3 is 2.70 bits per heavy atom.